The molecule has 8 nitrogen and oxygen atoms in total. The molecule has 2 aliphatic heterocycles. The van der Waals surface area contributed by atoms with Crippen LogP contribution >= 0.6 is 12.4 Å². The van der Waals surface area contributed by atoms with Crippen molar-refractivity contribution in [2.24, 2.45) is 0 Å². The zero-order chi connectivity index (χ0) is 26.1. The molecule has 2 aromatic carbocycles. The van der Waals surface area contributed by atoms with Crippen LogP contribution in [0.25, 0.3) is 11.3 Å². The zero-order valence-corrected chi connectivity index (χ0v) is 22.3. The number of rotatable bonds is 7. The van der Waals surface area contributed by atoms with Crippen LogP contribution in [-0.4, -0.2) is 55.5 Å². The highest BCUT2D eigenvalue weighted by Crippen LogP contribution is 2.41. The fraction of sp³-hybridized carbons (Fsp3) is 0.407. The third-order valence-electron chi connectivity index (χ3n) is 7.11. The molecular formula is C27H32ClF2N5O3. The van der Waals surface area contributed by atoms with Crippen molar-refractivity contribution >= 4 is 24.1 Å². The smallest absolute Gasteiger partial charge is 0.260 e. The van der Waals surface area contributed by atoms with Gasteiger partial charge in [0, 0.05) is 29.8 Å². The summed E-state index contributed by atoms with van der Waals surface area (Å²) in [5.41, 5.74) is 3.59. The van der Waals surface area contributed by atoms with Crippen molar-refractivity contribution in [2.75, 3.05) is 32.6 Å². The average molecular weight is 548 g/mol. The lowest BCUT2D eigenvalue weighted by atomic mass is 9.97. The van der Waals surface area contributed by atoms with Gasteiger partial charge in [-0.1, -0.05) is 12.1 Å². The second kappa shape index (κ2) is 11.6. The lowest BCUT2D eigenvalue weighted by Gasteiger charge is -2.32. The molecule has 2 aliphatic rings. The summed E-state index contributed by atoms with van der Waals surface area (Å²) in [5.74, 6) is 1.51. The summed E-state index contributed by atoms with van der Waals surface area (Å²) < 4.78 is 40.4. The fourth-order valence-electron chi connectivity index (χ4n) is 5.10. The van der Waals surface area contributed by atoms with Gasteiger partial charge in [-0.2, -0.15) is 5.10 Å². The minimum atomic E-state index is -2.59. The van der Waals surface area contributed by atoms with Gasteiger partial charge in [0.1, 0.15) is 11.9 Å². The summed E-state index contributed by atoms with van der Waals surface area (Å²) in [7, 11) is 3.10. The normalized spacial score (nSPS) is 20.3. The molecule has 1 saturated heterocycles. The van der Waals surface area contributed by atoms with Crippen molar-refractivity contribution < 1.29 is 23.0 Å². The van der Waals surface area contributed by atoms with E-state index in [4.69, 9.17) is 9.47 Å². The number of aromatic nitrogens is 2. The highest BCUT2D eigenvalue weighted by Gasteiger charge is 2.35. The number of alkyl halides is 2. The van der Waals surface area contributed by atoms with E-state index in [-0.39, 0.29) is 36.8 Å². The Morgan fingerprint density at radius 3 is 2.58 bits per heavy atom. The van der Waals surface area contributed by atoms with Crippen LogP contribution in [0.1, 0.15) is 46.4 Å². The van der Waals surface area contributed by atoms with Gasteiger partial charge in [-0.3, -0.25) is 4.79 Å². The summed E-state index contributed by atoms with van der Waals surface area (Å²) in [6.07, 6.45) is -1.52. The molecular weight excluding hydrogens is 516 g/mol. The maximum Gasteiger partial charge on any atom is 0.260 e. The number of ether oxygens (including phenoxy) is 2. The van der Waals surface area contributed by atoms with E-state index in [1.165, 1.54) is 4.68 Å². The van der Waals surface area contributed by atoms with Gasteiger partial charge < -0.3 is 25.4 Å². The maximum absolute atomic E-state index is 14.2. The number of methoxy groups -OCH3 is 2. The monoisotopic (exact) mass is 547 g/mol. The Balaban J connectivity index is 0.00000336. The summed E-state index contributed by atoms with van der Waals surface area (Å²) in [5, 5.41) is 14.2. The highest BCUT2D eigenvalue weighted by molar-refractivity contribution is 5.95. The largest absolute Gasteiger partial charge is 0.493 e. The second-order valence-corrected chi connectivity index (χ2v) is 9.50. The molecule has 1 aromatic heterocycles. The molecule has 204 valence electrons. The first-order chi connectivity index (χ1) is 17.9. The van der Waals surface area contributed by atoms with Crippen molar-refractivity contribution in [1.82, 2.24) is 20.4 Å². The molecule has 3 aromatic rings. The van der Waals surface area contributed by atoms with E-state index in [0.29, 0.717) is 28.6 Å². The minimum absolute atomic E-state index is 0. The van der Waals surface area contributed by atoms with Crippen molar-refractivity contribution in [3.05, 3.63) is 59.2 Å². The number of aryl methyl sites for hydroxylation is 1. The lowest BCUT2D eigenvalue weighted by Crippen LogP contribution is -2.36. The third-order valence-corrected chi connectivity index (χ3v) is 7.11. The van der Waals surface area contributed by atoms with E-state index in [1.54, 1.807) is 32.4 Å². The number of fused-ring (bicyclic) bond motifs is 1. The summed E-state index contributed by atoms with van der Waals surface area (Å²) >= 11 is 0. The standard InChI is InChI=1S/C27H31F2N5O3.ClH/c1-15-10-17(27(35)31-18-8-9-30-14-18)4-6-19(15)21-13-25-32-20(12-22(26(28)29)34(25)33-21)16-5-7-23(36-2)24(11-16)37-3;/h4-7,10-11,13,18,20,22,26,30,32H,8-9,12,14H2,1-3H3,(H,31,35);1H/t18-,20?,22?;/m0./s1. The summed E-state index contributed by atoms with van der Waals surface area (Å²) in [6, 6.07) is 11.3. The topological polar surface area (TPSA) is 89.4 Å². The molecule has 5 rings (SSSR count). The van der Waals surface area contributed by atoms with Crippen LogP contribution in [-0.2, 0) is 0 Å². The maximum atomic E-state index is 14.2. The quantitative estimate of drug-likeness (QED) is 0.395. The molecule has 11 heteroatoms. The molecule has 1 amide bonds. The van der Waals surface area contributed by atoms with Crippen LogP contribution < -0.4 is 25.4 Å². The number of benzene rings is 2. The van der Waals surface area contributed by atoms with E-state index in [0.717, 1.165) is 36.2 Å². The lowest BCUT2D eigenvalue weighted by molar-refractivity contribution is 0.0659. The molecule has 3 heterocycles. The second-order valence-electron chi connectivity index (χ2n) is 9.50. The number of carbonyl (C=O) groups is 1. The van der Waals surface area contributed by atoms with E-state index in [9.17, 15) is 13.6 Å². The molecule has 1 fully saturated rings. The van der Waals surface area contributed by atoms with Crippen LogP contribution in [0.15, 0.2) is 42.5 Å². The van der Waals surface area contributed by atoms with E-state index in [1.807, 2.05) is 31.2 Å². The Morgan fingerprint density at radius 2 is 1.92 bits per heavy atom. The van der Waals surface area contributed by atoms with Crippen LogP contribution in [0.5, 0.6) is 11.5 Å². The first kappa shape index (κ1) is 27.7. The van der Waals surface area contributed by atoms with E-state index < -0.39 is 12.5 Å². The van der Waals surface area contributed by atoms with Crippen molar-refractivity contribution in [2.45, 2.75) is 44.3 Å². The number of nitrogens with zero attached hydrogens (tertiary/aromatic N) is 2. The molecule has 0 spiro atoms. The zero-order valence-electron chi connectivity index (χ0n) is 21.5. The molecule has 3 atom stereocenters. The number of amides is 1. The van der Waals surface area contributed by atoms with Gasteiger partial charge in [0.15, 0.2) is 11.5 Å². The van der Waals surface area contributed by atoms with Gasteiger partial charge in [-0.05, 0) is 61.7 Å². The SMILES string of the molecule is COc1ccc(C2CC(C(F)F)n3nc(-c4ccc(C(=O)N[C@H]5CCNC5)cc4C)cc3N2)cc1OC.Cl. The number of hydrogen-bond acceptors (Lipinski definition) is 6. The first-order valence-electron chi connectivity index (χ1n) is 12.4. The Kier molecular flexibility index (Phi) is 8.42. The predicted molar refractivity (Wildman–Crippen MR) is 144 cm³/mol. The molecule has 0 aliphatic carbocycles. The molecule has 2 unspecified atom stereocenters. The predicted octanol–water partition coefficient (Wildman–Crippen LogP) is 4.75. The van der Waals surface area contributed by atoms with Crippen LogP contribution in [0, 0.1) is 6.92 Å². The molecule has 0 bridgehead atoms. The Morgan fingerprint density at radius 1 is 1.13 bits per heavy atom. The molecule has 0 radical (unpaired) electrons. The van der Waals surface area contributed by atoms with Crippen molar-refractivity contribution in [3.8, 4) is 22.8 Å². The molecule has 38 heavy (non-hydrogen) atoms. The first-order valence-corrected chi connectivity index (χ1v) is 12.4. The van der Waals surface area contributed by atoms with Gasteiger partial charge in [0.05, 0.1) is 26.0 Å². The number of nitrogens with one attached hydrogen (secondary N) is 3. The molecule has 0 saturated carbocycles. The van der Waals surface area contributed by atoms with Crippen LogP contribution in [0.3, 0.4) is 0 Å². The summed E-state index contributed by atoms with van der Waals surface area (Å²) in [6.45, 7) is 3.56. The molecule has 3 N–H and O–H groups in total. The number of carbonyl (C=O) groups excluding carboxylic acids is 1. The summed E-state index contributed by atoms with van der Waals surface area (Å²) in [4.78, 5) is 12.7. The van der Waals surface area contributed by atoms with E-state index in [2.05, 4.69) is 21.0 Å². The van der Waals surface area contributed by atoms with Gasteiger partial charge in [0.2, 0.25) is 0 Å². The van der Waals surface area contributed by atoms with Gasteiger partial charge >= 0.3 is 0 Å². The average Bonchev–Trinajstić information content (AvgIpc) is 3.57. The van der Waals surface area contributed by atoms with Crippen molar-refractivity contribution in [1.29, 1.82) is 0 Å². The third kappa shape index (κ3) is 5.42. The Hall–Kier alpha value is -3.37. The number of anilines is 1. The fourth-order valence-corrected chi connectivity index (χ4v) is 5.10. The Bertz CT molecular complexity index is 1300. The van der Waals surface area contributed by atoms with E-state index >= 15 is 0 Å². The van der Waals surface area contributed by atoms with Gasteiger partial charge in [-0.25, -0.2) is 13.5 Å². The number of halogens is 3. The van der Waals surface area contributed by atoms with Gasteiger partial charge in [0.25, 0.3) is 12.3 Å². The Labute approximate surface area is 226 Å². The van der Waals surface area contributed by atoms with Crippen LogP contribution in [0.4, 0.5) is 14.6 Å². The van der Waals surface area contributed by atoms with Crippen LogP contribution in [0.2, 0.25) is 0 Å². The highest BCUT2D eigenvalue weighted by atomic mass is 35.5. The minimum Gasteiger partial charge on any atom is -0.493 e. The van der Waals surface area contributed by atoms with Gasteiger partial charge in [-0.15, -0.1) is 12.4 Å². The number of hydrogen-bond donors (Lipinski definition) is 3. The van der Waals surface area contributed by atoms with Crippen molar-refractivity contribution in [3.63, 3.8) is 0 Å².